The van der Waals surface area contributed by atoms with E-state index in [1.807, 2.05) is 18.2 Å². The second kappa shape index (κ2) is 9.64. The van der Waals surface area contributed by atoms with Gasteiger partial charge in [0.15, 0.2) is 11.5 Å². The van der Waals surface area contributed by atoms with E-state index < -0.39 is 0 Å². The van der Waals surface area contributed by atoms with Crippen molar-refractivity contribution in [2.45, 2.75) is 13.0 Å². The van der Waals surface area contributed by atoms with Gasteiger partial charge in [-0.25, -0.2) is 0 Å². The zero-order valence-corrected chi connectivity index (χ0v) is 15.3. The second-order valence-corrected chi connectivity index (χ2v) is 5.19. The van der Waals surface area contributed by atoms with Gasteiger partial charge in [-0.15, -0.1) is 12.4 Å². The number of hydrogen-bond acceptors (Lipinski definition) is 5. The van der Waals surface area contributed by atoms with Crippen LogP contribution >= 0.6 is 12.4 Å². The maximum Gasteiger partial charge on any atom is 0.224 e. The number of halogens is 1. The molecule has 1 amide bonds. The highest BCUT2D eigenvalue weighted by atomic mass is 35.5. The summed E-state index contributed by atoms with van der Waals surface area (Å²) in [6.45, 7) is 0.331. The van der Waals surface area contributed by atoms with Crippen LogP contribution in [0.25, 0.3) is 0 Å². The number of methoxy groups -OCH3 is 3. The van der Waals surface area contributed by atoms with Gasteiger partial charge in [0.25, 0.3) is 0 Å². The molecular weight excluding hydrogens is 344 g/mol. The van der Waals surface area contributed by atoms with Gasteiger partial charge >= 0.3 is 0 Å². The van der Waals surface area contributed by atoms with Crippen LogP contribution in [0.2, 0.25) is 0 Å². The highest BCUT2D eigenvalue weighted by Crippen LogP contribution is 2.39. The first-order valence-corrected chi connectivity index (χ1v) is 7.48. The van der Waals surface area contributed by atoms with E-state index in [-0.39, 0.29) is 24.7 Å². The lowest BCUT2D eigenvalue weighted by Gasteiger charge is -2.16. The quantitative estimate of drug-likeness (QED) is 0.736. The molecule has 0 saturated heterocycles. The van der Waals surface area contributed by atoms with Crippen LogP contribution < -0.4 is 25.3 Å². The number of ether oxygens (including phenoxy) is 3. The molecule has 136 valence electrons. The third-order valence-electron chi connectivity index (χ3n) is 3.61. The Labute approximate surface area is 153 Å². The van der Waals surface area contributed by atoms with Gasteiger partial charge in [0.1, 0.15) is 0 Å². The highest BCUT2D eigenvalue weighted by Gasteiger charge is 2.16. The third kappa shape index (κ3) is 5.19. The smallest absolute Gasteiger partial charge is 0.224 e. The van der Waals surface area contributed by atoms with Crippen LogP contribution in [0.5, 0.6) is 17.2 Å². The predicted molar refractivity (Wildman–Crippen MR) is 99.8 cm³/mol. The number of anilines is 1. The molecule has 25 heavy (non-hydrogen) atoms. The van der Waals surface area contributed by atoms with Crippen LogP contribution in [0.15, 0.2) is 36.4 Å². The van der Waals surface area contributed by atoms with E-state index in [0.29, 0.717) is 29.5 Å². The monoisotopic (exact) mass is 366 g/mol. The zero-order chi connectivity index (χ0) is 17.5. The van der Waals surface area contributed by atoms with Gasteiger partial charge in [-0.05, 0) is 29.8 Å². The van der Waals surface area contributed by atoms with Crippen molar-refractivity contribution >= 4 is 24.0 Å². The van der Waals surface area contributed by atoms with Crippen molar-refractivity contribution < 1.29 is 19.0 Å². The van der Waals surface area contributed by atoms with Crippen molar-refractivity contribution in [2.24, 2.45) is 0 Å². The largest absolute Gasteiger partial charge is 0.493 e. The number of nitrogens with one attached hydrogen (secondary N) is 1. The fourth-order valence-corrected chi connectivity index (χ4v) is 2.38. The molecule has 0 heterocycles. The Bertz CT molecular complexity index is 705. The summed E-state index contributed by atoms with van der Waals surface area (Å²) in [6, 6.07) is 10.9. The molecular formula is C18H23ClN2O4. The first-order valence-electron chi connectivity index (χ1n) is 7.48. The van der Waals surface area contributed by atoms with Crippen molar-refractivity contribution in [3.05, 3.63) is 47.5 Å². The molecule has 0 atom stereocenters. The summed E-state index contributed by atoms with van der Waals surface area (Å²) in [6.07, 6.45) is 0.288. The molecule has 0 unspecified atom stereocenters. The van der Waals surface area contributed by atoms with E-state index in [1.165, 1.54) is 0 Å². The Morgan fingerprint density at radius 3 is 2.16 bits per heavy atom. The summed E-state index contributed by atoms with van der Waals surface area (Å²) >= 11 is 0. The highest BCUT2D eigenvalue weighted by molar-refractivity contribution is 5.85. The molecule has 0 saturated carbocycles. The van der Waals surface area contributed by atoms with Gasteiger partial charge in [-0.1, -0.05) is 12.1 Å². The van der Waals surface area contributed by atoms with Gasteiger partial charge in [-0.2, -0.15) is 0 Å². The standard InChI is InChI=1S/C18H22N2O4.ClH/c1-22-15-9-6-13(17(23-2)18(15)24-3)11-20-16(21)10-12-4-7-14(19)8-5-12;/h4-9H,10-11,19H2,1-3H3,(H,20,21);1H. The lowest BCUT2D eigenvalue weighted by molar-refractivity contribution is -0.120. The summed E-state index contributed by atoms with van der Waals surface area (Å²) in [4.78, 5) is 12.1. The normalized spacial score (nSPS) is 9.72. The van der Waals surface area contributed by atoms with Crippen molar-refractivity contribution in [3.63, 3.8) is 0 Å². The average Bonchev–Trinajstić information content (AvgIpc) is 2.60. The first-order chi connectivity index (χ1) is 11.6. The number of nitrogens with two attached hydrogens (primary N) is 1. The van der Waals surface area contributed by atoms with Crippen molar-refractivity contribution in [1.82, 2.24) is 5.32 Å². The molecule has 7 heteroatoms. The van der Waals surface area contributed by atoms with Crippen LogP contribution in [0.1, 0.15) is 11.1 Å². The Morgan fingerprint density at radius 1 is 0.960 bits per heavy atom. The maximum absolute atomic E-state index is 12.1. The van der Waals surface area contributed by atoms with Crippen molar-refractivity contribution in [2.75, 3.05) is 27.1 Å². The summed E-state index contributed by atoms with van der Waals surface area (Å²) in [5, 5.41) is 2.88. The zero-order valence-electron chi connectivity index (χ0n) is 14.5. The van der Waals surface area contributed by atoms with Crippen molar-refractivity contribution in [3.8, 4) is 17.2 Å². The van der Waals surface area contributed by atoms with Crippen LogP contribution in [0.3, 0.4) is 0 Å². The number of benzene rings is 2. The van der Waals surface area contributed by atoms with E-state index in [4.69, 9.17) is 19.9 Å². The van der Waals surface area contributed by atoms with Gasteiger partial charge in [0.2, 0.25) is 11.7 Å². The maximum atomic E-state index is 12.1. The van der Waals surface area contributed by atoms with Crippen LogP contribution in [0.4, 0.5) is 5.69 Å². The fourth-order valence-electron chi connectivity index (χ4n) is 2.38. The molecule has 2 aromatic rings. The lowest BCUT2D eigenvalue weighted by atomic mass is 10.1. The molecule has 3 N–H and O–H groups in total. The summed E-state index contributed by atoms with van der Waals surface area (Å²) in [5.41, 5.74) is 8.02. The second-order valence-electron chi connectivity index (χ2n) is 5.19. The van der Waals surface area contributed by atoms with E-state index in [2.05, 4.69) is 5.32 Å². The van der Waals surface area contributed by atoms with E-state index in [9.17, 15) is 4.79 Å². The summed E-state index contributed by atoms with van der Waals surface area (Å²) in [5.74, 6) is 1.54. The minimum absolute atomic E-state index is 0. The molecule has 0 aromatic heterocycles. The Hall–Kier alpha value is -2.60. The summed E-state index contributed by atoms with van der Waals surface area (Å²) < 4.78 is 16.0. The molecule has 0 radical (unpaired) electrons. The fraction of sp³-hybridized carbons (Fsp3) is 0.278. The predicted octanol–water partition coefficient (Wildman–Crippen LogP) is 2.58. The minimum Gasteiger partial charge on any atom is -0.493 e. The van der Waals surface area contributed by atoms with Gasteiger partial charge in [-0.3, -0.25) is 4.79 Å². The first kappa shape index (κ1) is 20.4. The van der Waals surface area contributed by atoms with Crippen LogP contribution in [-0.2, 0) is 17.8 Å². The SMILES string of the molecule is COc1ccc(CNC(=O)Cc2ccc(N)cc2)c(OC)c1OC.Cl. The summed E-state index contributed by atoms with van der Waals surface area (Å²) in [7, 11) is 4.66. The number of amides is 1. The minimum atomic E-state index is -0.0865. The number of hydrogen-bond donors (Lipinski definition) is 2. The molecule has 2 rings (SSSR count). The number of rotatable bonds is 7. The van der Waals surface area contributed by atoms with Crippen LogP contribution in [0, 0.1) is 0 Å². The molecule has 0 aliphatic carbocycles. The molecule has 0 fully saturated rings. The van der Waals surface area contributed by atoms with Crippen LogP contribution in [-0.4, -0.2) is 27.2 Å². The molecule has 0 aliphatic rings. The third-order valence-corrected chi connectivity index (χ3v) is 3.61. The lowest BCUT2D eigenvalue weighted by Crippen LogP contribution is -2.24. The van der Waals surface area contributed by atoms with Gasteiger partial charge in [0, 0.05) is 17.8 Å². The van der Waals surface area contributed by atoms with Gasteiger partial charge in [0.05, 0.1) is 27.8 Å². The van der Waals surface area contributed by atoms with Gasteiger partial charge < -0.3 is 25.3 Å². The molecule has 6 nitrogen and oxygen atoms in total. The Balaban J connectivity index is 0.00000312. The van der Waals surface area contributed by atoms with E-state index in [0.717, 1.165) is 11.1 Å². The molecule has 0 bridgehead atoms. The average molecular weight is 367 g/mol. The van der Waals surface area contributed by atoms with E-state index in [1.54, 1.807) is 39.5 Å². The molecule has 2 aromatic carbocycles. The van der Waals surface area contributed by atoms with Crippen molar-refractivity contribution in [1.29, 1.82) is 0 Å². The molecule has 0 aliphatic heterocycles. The topological polar surface area (TPSA) is 82.8 Å². The number of nitrogen functional groups attached to an aromatic ring is 1. The Morgan fingerprint density at radius 2 is 1.60 bits per heavy atom. The molecule has 0 spiro atoms. The number of carbonyl (C=O) groups is 1. The van der Waals surface area contributed by atoms with E-state index >= 15 is 0 Å². The Kier molecular flexibility index (Phi) is 7.88. The number of carbonyl (C=O) groups excluding carboxylic acids is 1.